The van der Waals surface area contributed by atoms with Crippen LogP contribution < -0.4 is 10.9 Å². The van der Waals surface area contributed by atoms with E-state index in [4.69, 9.17) is 0 Å². The number of para-hydroxylation sites is 2. The summed E-state index contributed by atoms with van der Waals surface area (Å²) >= 11 is 2.88. The van der Waals surface area contributed by atoms with Crippen molar-refractivity contribution in [2.24, 2.45) is 0 Å². The molecule has 0 aliphatic carbocycles. The third-order valence-corrected chi connectivity index (χ3v) is 6.27. The molecule has 1 heterocycles. The number of fused-ring (bicyclic) bond motifs is 1. The molecule has 7 heteroatoms. The van der Waals surface area contributed by atoms with Crippen LogP contribution in [0.5, 0.6) is 0 Å². The fourth-order valence-corrected chi connectivity index (χ4v) is 4.31. The zero-order valence-electron chi connectivity index (χ0n) is 16.1. The number of rotatable bonds is 7. The molecule has 0 saturated heterocycles. The molecule has 3 aromatic rings. The quantitative estimate of drug-likeness (QED) is 0.444. The van der Waals surface area contributed by atoms with Gasteiger partial charge in [0, 0.05) is 10.9 Å². The van der Waals surface area contributed by atoms with Gasteiger partial charge in [0.2, 0.25) is 5.91 Å². The maximum atomic E-state index is 13.0. The van der Waals surface area contributed by atoms with Crippen LogP contribution in [0.1, 0.15) is 26.3 Å². The fraction of sp³-hybridized carbons (Fsp3) is 0.286. The van der Waals surface area contributed by atoms with E-state index in [-0.39, 0.29) is 23.3 Å². The lowest BCUT2D eigenvalue weighted by atomic mass is 10.2. The first-order valence-corrected chi connectivity index (χ1v) is 11.3. The number of nitrogens with zero attached hydrogens (tertiary/aromatic N) is 2. The summed E-state index contributed by atoms with van der Waals surface area (Å²) in [5.41, 5.74) is 1.39. The number of anilines is 1. The van der Waals surface area contributed by atoms with Crippen molar-refractivity contribution in [3.05, 3.63) is 58.9 Å². The molecule has 1 atom stereocenters. The molecule has 0 bridgehead atoms. The molecule has 1 aromatic heterocycles. The van der Waals surface area contributed by atoms with Gasteiger partial charge in [-0.2, -0.15) is 0 Å². The van der Waals surface area contributed by atoms with Gasteiger partial charge in [-0.3, -0.25) is 14.2 Å². The summed E-state index contributed by atoms with van der Waals surface area (Å²) in [5.74, 6) is 0.0637. The van der Waals surface area contributed by atoms with Gasteiger partial charge >= 0.3 is 0 Å². The predicted molar refractivity (Wildman–Crippen MR) is 119 cm³/mol. The first-order valence-electron chi connectivity index (χ1n) is 9.12. The minimum atomic E-state index is -0.121. The fourth-order valence-electron chi connectivity index (χ4n) is 2.86. The van der Waals surface area contributed by atoms with E-state index in [1.807, 2.05) is 62.6 Å². The summed E-state index contributed by atoms with van der Waals surface area (Å²) in [6.45, 7) is 4.03. The Morgan fingerprint density at radius 2 is 1.89 bits per heavy atom. The van der Waals surface area contributed by atoms with Crippen molar-refractivity contribution in [3.8, 4) is 0 Å². The van der Waals surface area contributed by atoms with Gasteiger partial charge in [-0.25, -0.2) is 4.98 Å². The Bertz CT molecular complexity index is 1050. The lowest BCUT2D eigenvalue weighted by molar-refractivity contribution is -0.113. The molecule has 1 N–H and O–H groups in total. The van der Waals surface area contributed by atoms with Gasteiger partial charge in [0.05, 0.1) is 22.3 Å². The van der Waals surface area contributed by atoms with Gasteiger partial charge in [0.15, 0.2) is 5.16 Å². The molecule has 0 radical (unpaired) electrons. The summed E-state index contributed by atoms with van der Waals surface area (Å²) in [7, 11) is 0. The zero-order chi connectivity index (χ0) is 20.1. The summed E-state index contributed by atoms with van der Waals surface area (Å²) in [6.07, 6.45) is 2.78. The van der Waals surface area contributed by atoms with Crippen LogP contribution in [0.4, 0.5) is 5.69 Å². The van der Waals surface area contributed by atoms with Crippen molar-refractivity contribution in [3.63, 3.8) is 0 Å². The molecule has 0 spiro atoms. The number of benzene rings is 2. The first kappa shape index (κ1) is 20.5. The number of hydrogen-bond donors (Lipinski definition) is 1. The molecule has 2 aromatic carbocycles. The Hall–Kier alpha value is -2.25. The highest BCUT2D eigenvalue weighted by molar-refractivity contribution is 7.99. The van der Waals surface area contributed by atoms with E-state index in [1.165, 1.54) is 11.8 Å². The van der Waals surface area contributed by atoms with E-state index in [2.05, 4.69) is 10.3 Å². The van der Waals surface area contributed by atoms with Crippen LogP contribution in [-0.4, -0.2) is 27.5 Å². The molecule has 146 valence electrons. The van der Waals surface area contributed by atoms with Crippen LogP contribution in [-0.2, 0) is 4.79 Å². The SMILES string of the molecule is CC[C@H](C)n1c(SCC(=O)Nc2ccccc2SC)nc2ccccc2c1=O. The highest BCUT2D eigenvalue weighted by atomic mass is 32.2. The molecule has 28 heavy (non-hydrogen) atoms. The van der Waals surface area contributed by atoms with Crippen LogP contribution >= 0.6 is 23.5 Å². The molecule has 0 unspecified atom stereocenters. The van der Waals surface area contributed by atoms with Crippen LogP contribution in [0.25, 0.3) is 10.9 Å². The summed E-state index contributed by atoms with van der Waals surface area (Å²) in [4.78, 5) is 31.1. The molecule has 5 nitrogen and oxygen atoms in total. The predicted octanol–water partition coefficient (Wildman–Crippen LogP) is 4.82. The molecule has 0 saturated carbocycles. The van der Waals surface area contributed by atoms with E-state index in [1.54, 1.807) is 22.4 Å². The van der Waals surface area contributed by atoms with Crippen molar-refractivity contribution in [1.82, 2.24) is 9.55 Å². The highest BCUT2D eigenvalue weighted by Gasteiger charge is 2.17. The Morgan fingerprint density at radius 3 is 2.64 bits per heavy atom. The van der Waals surface area contributed by atoms with Crippen molar-refractivity contribution in [1.29, 1.82) is 0 Å². The van der Waals surface area contributed by atoms with Crippen LogP contribution in [0.3, 0.4) is 0 Å². The number of amides is 1. The Morgan fingerprint density at radius 1 is 1.18 bits per heavy atom. The van der Waals surface area contributed by atoms with Crippen molar-refractivity contribution < 1.29 is 4.79 Å². The molecule has 0 aliphatic heterocycles. The summed E-state index contributed by atoms with van der Waals surface area (Å²) in [6, 6.07) is 15.0. The molecule has 1 amide bonds. The van der Waals surface area contributed by atoms with Gasteiger partial charge in [-0.1, -0.05) is 43.0 Å². The average Bonchev–Trinajstić information content (AvgIpc) is 2.72. The Labute approximate surface area is 172 Å². The molecular weight excluding hydrogens is 390 g/mol. The smallest absolute Gasteiger partial charge is 0.262 e. The third-order valence-electron chi connectivity index (χ3n) is 4.52. The van der Waals surface area contributed by atoms with E-state index < -0.39 is 0 Å². The number of carbonyl (C=O) groups is 1. The van der Waals surface area contributed by atoms with Crippen LogP contribution in [0.2, 0.25) is 0 Å². The number of nitrogens with one attached hydrogen (secondary N) is 1. The summed E-state index contributed by atoms with van der Waals surface area (Å²) in [5, 5.41) is 4.13. The minimum absolute atomic E-state index is 0.00684. The van der Waals surface area contributed by atoms with Gasteiger partial charge in [-0.15, -0.1) is 11.8 Å². The van der Waals surface area contributed by atoms with E-state index in [9.17, 15) is 9.59 Å². The topological polar surface area (TPSA) is 64.0 Å². The van der Waals surface area contributed by atoms with Gasteiger partial charge in [0.25, 0.3) is 5.56 Å². The van der Waals surface area contributed by atoms with Gasteiger partial charge < -0.3 is 5.32 Å². The molecule has 3 rings (SSSR count). The first-order chi connectivity index (χ1) is 13.5. The second kappa shape index (κ2) is 9.30. The van der Waals surface area contributed by atoms with Gasteiger partial charge in [0.1, 0.15) is 0 Å². The second-order valence-electron chi connectivity index (χ2n) is 6.38. The van der Waals surface area contributed by atoms with E-state index in [0.29, 0.717) is 16.1 Å². The lowest BCUT2D eigenvalue weighted by Gasteiger charge is -2.18. The standard InChI is InChI=1S/C21H23N3O2S2/c1-4-14(2)24-20(26)15-9-5-6-10-16(15)23-21(24)28-13-19(25)22-17-11-7-8-12-18(17)27-3/h5-12,14H,4,13H2,1-3H3,(H,22,25)/t14-/m0/s1. The number of carbonyl (C=O) groups excluding carboxylic acids is 1. The molecular formula is C21H23N3O2S2. The average molecular weight is 414 g/mol. The Balaban J connectivity index is 1.85. The minimum Gasteiger partial charge on any atom is -0.324 e. The maximum absolute atomic E-state index is 13.0. The normalized spacial score (nSPS) is 12.1. The zero-order valence-corrected chi connectivity index (χ0v) is 17.8. The van der Waals surface area contributed by atoms with Gasteiger partial charge in [-0.05, 0) is 43.9 Å². The van der Waals surface area contributed by atoms with E-state index in [0.717, 1.165) is 17.0 Å². The Kier molecular flexibility index (Phi) is 6.80. The molecule has 0 aliphatic rings. The largest absolute Gasteiger partial charge is 0.324 e. The van der Waals surface area contributed by atoms with Crippen molar-refractivity contribution >= 4 is 46.0 Å². The van der Waals surface area contributed by atoms with E-state index >= 15 is 0 Å². The van der Waals surface area contributed by atoms with Crippen LogP contribution in [0, 0.1) is 0 Å². The monoisotopic (exact) mass is 413 g/mol. The molecule has 0 fully saturated rings. The van der Waals surface area contributed by atoms with Crippen molar-refractivity contribution in [2.45, 2.75) is 36.4 Å². The summed E-state index contributed by atoms with van der Waals surface area (Å²) < 4.78 is 1.70. The number of hydrogen-bond acceptors (Lipinski definition) is 5. The number of aromatic nitrogens is 2. The third kappa shape index (κ3) is 4.42. The number of thioether (sulfide) groups is 2. The highest BCUT2D eigenvalue weighted by Crippen LogP contribution is 2.26. The lowest BCUT2D eigenvalue weighted by Crippen LogP contribution is -2.26. The van der Waals surface area contributed by atoms with Crippen LogP contribution in [0.15, 0.2) is 63.4 Å². The van der Waals surface area contributed by atoms with Crippen molar-refractivity contribution in [2.75, 3.05) is 17.3 Å². The second-order valence-corrected chi connectivity index (χ2v) is 8.17. The maximum Gasteiger partial charge on any atom is 0.262 e.